The van der Waals surface area contributed by atoms with Crippen molar-refractivity contribution in [2.24, 2.45) is 5.92 Å². The van der Waals surface area contributed by atoms with E-state index < -0.39 is 0 Å². The van der Waals surface area contributed by atoms with E-state index in [2.05, 4.69) is 27.0 Å². The molecular formula is C23H29Cl2N5. The summed E-state index contributed by atoms with van der Waals surface area (Å²) in [6, 6.07) is 8.56. The lowest BCUT2D eigenvalue weighted by atomic mass is 9.84. The second-order valence-electron chi connectivity index (χ2n) is 8.58. The molecule has 4 rings (SSSR count). The van der Waals surface area contributed by atoms with E-state index in [0.29, 0.717) is 21.7 Å². The summed E-state index contributed by atoms with van der Waals surface area (Å²) in [5, 5.41) is 15.0. The van der Waals surface area contributed by atoms with Crippen LogP contribution < -0.4 is 4.90 Å². The first-order chi connectivity index (χ1) is 14.5. The molecule has 0 atom stereocenters. The summed E-state index contributed by atoms with van der Waals surface area (Å²) >= 11 is 12.6. The Morgan fingerprint density at radius 2 is 1.83 bits per heavy atom. The summed E-state index contributed by atoms with van der Waals surface area (Å²) in [6.45, 7) is 7.22. The molecule has 2 heterocycles. The van der Waals surface area contributed by atoms with E-state index in [1.165, 1.54) is 25.8 Å². The van der Waals surface area contributed by atoms with Gasteiger partial charge in [0.15, 0.2) is 0 Å². The number of hydrogen-bond acceptors (Lipinski definition) is 4. The second-order valence-corrected chi connectivity index (χ2v) is 9.37. The second kappa shape index (κ2) is 9.60. The van der Waals surface area contributed by atoms with Gasteiger partial charge in [0.2, 0.25) is 0 Å². The fraction of sp³-hybridized carbons (Fsp3) is 0.565. The van der Waals surface area contributed by atoms with Crippen LogP contribution in [0.25, 0.3) is 0 Å². The first kappa shape index (κ1) is 21.5. The van der Waals surface area contributed by atoms with Crippen LogP contribution in [0.4, 0.5) is 5.69 Å². The number of halogens is 2. The highest BCUT2D eigenvalue weighted by Gasteiger charge is 2.25. The highest BCUT2D eigenvalue weighted by molar-refractivity contribution is 6.43. The van der Waals surface area contributed by atoms with E-state index >= 15 is 0 Å². The molecule has 7 heteroatoms. The van der Waals surface area contributed by atoms with Crippen molar-refractivity contribution in [3.8, 4) is 6.07 Å². The lowest BCUT2D eigenvalue weighted by Crippen LogP contribution is -2.47. The largest absolute Gasteiger partial charge is 0.368 e. The summed E-state index contributed by atoms with van der Waals surface area (Å²) in [5.41, 5.74) is 2.60. The molecule has 1 aliphatic carbocycles. The van der Waals surface area contributed by atoms with Crippen LogP contribution in [0.5, 0.6) is 0 Å². The van der Waals surface area contributed by atoms with Crippen molar-refractivity contribution in [3.63, 3.8) is 0 Å². The third-order valence-electron chi connectivity index (χ3n) is 6.73. The zero-order valence-electron chi connectivity index (χ0n) is 17.5. The Bertz CT molecular complexity index is 903. The molecule has 0 spiro atoms. The molecule has 0 radical (unpaired) electrons. The number of nitrogens with zero attached hydrogens (tertiary/aromatic N) is 5. The van der Waals surface area contributed by atoms with Gasteiger partial charge in [-0.25, -0.2) is 0 Å². The summed E-state index contributed by atoms with van der Waals surface area (Å²) in [6.07, 6.45) is 8.03. The van der Waals surface area contributed by atoms with Gasteiger partial charge in [-0.2, -0.15) is 10.4 Å². The molecule has 1 saturated heterocycles. The standard InChI is InChI=1S/C23H29Cl2N5/c1-17-19(15-26)16-30(27-17)20-7-5-18(6-8-20)9-10-28-11-13-29(14-12-28)22-4-2-3-21(24)23(22)25/h2-4,16,18,20H,5-14H2,1H3. The molecule has 1 aliphatic heterocycles. The fourth-order valence-electron chi connectivity index (χ4n) is 4.79. The molecule has 2 fully saturated rings. The Hall–Kier alpha value is -1.74. The van der Waals surface area contributed by atoms with Crippen molar-refractivity contribution < 1.29 is 0 Å². The van der Waals surface area contributed by atoms with Gasteiger partial charge in [0.05, 0.1) is 33.0 Å². The zero-order valence-corrected chi connectivity index (χ0v) is 19.0. The highest BCUT2D eigenvalue weighted by Crippen LogP contribution is 2.35. The van der Waals surface area contributed by atoms with Gasteiger partial charge in [0.1, 0.15) is 6.07 Å². The van der Waals surface area contributed by atoms with Gasteiger partial charge in [-0.3, -0.25) is 9.58 Å². The van der Waals surface area contributed by atoms with Crippen LogP contribution in [-0.4, -0.2) is 47.4 Å². The summed E-state index contributed by atoms with van der Waals surface area (Å²) in [5.74, 6) is 0.800. The van der Waals surface area contributed by atoms with Crippen molar-refractivity contribution in [1.82, 2.24) is 14.7 Å². The SMILES string of the molecule is Cc1nn(C2CCC(CCN3CCN(c4cccc(Cl)c4Cl)CC3)CC2)cc1C#N. The molecule has 0 bridgehead atoms. The quantitative estimate of drug-likeness (QED) is 0.624. The normalized spacial score (nSPS) is 22.8. The van der Waals surface area contributed by atoms with Gasteiger partial charge < -0.3 is 4.90 Å². The van der Waals surface area contributed by atoms with Crippen LogP contribution in [0.3, 0.4) is 0 Å². The average molecular weight is 446 g/mol. The van der Waals surface area contributed by atoms with Crippen LogP contribution in [-0.2, 0) is 0 Å². The maximum atomic E-state index is 9.15. The van der Waals surface area contributed by atoms with E-state index in [4.69, 9.17) is 28.5 Å². The smallest absolute Gasteiger partial charge is 0.103 e. The van der Waals surface area contributed by atoms with Crippen LogP contribution in [0.1, 0.15) is 49.4 Å². The van der Waals surface area contributed by atoms with Gasteiger partial charge in [0.25, 0.3) is 0 Å². The fourth-order valence-corrected chi connectivity index (χ4v) is 5.21. The molecular weight excluding hydrogens is 417 g/mol. The lowest BCUT2D eigenvalue weighted by Gasteiger charge is -2.37. The summed E-state index contributed by atoms with van der Waals surface area (Å²) < 4.78 is 2.03. The maximum absolute atomic E-state index is 9.15. The number of anilines is 1. The Balaban J connectivity index is 1.20. The molecule has 1 aromatic carbocycles. The van der Waals surface area contributed by atoms with E-state index in [1.807, 2.05) is 29.9 Å². The van der Waals surface area contributed by atoms with Crippen LogP contribution >= 0.6 is 23.2 Å². The number of nitriles is 1. The van der Waals surface area contributed by atoms with Gasteiger partial charge in [-0.15, -0.1) is 0 Å². The zero-order chi connectivity index (χ0) is 21.1. The summed E-state index contributed by atoms with van der Waals surface area (Å²) in [7, 11) is 0. The Morgan fingerprint density at radius 1 is 1.10 bits per heavy atom. The van der Waals surface area contributed by atoms with Crippen molar-refractivity contribution in [2.45, 2.75) is 45.1 Å². The third kappa shape index (κ3) is 4.77. The predicted molar refractivity (Wildman–Crippen MR) is 122 cm³/mol. The molecule has 2 aromatic rings. The van der Waals surface area contributed by atoms with Gasteiger partial charge in [0, 0.05) is 32.4 Å². The Morgan fingerprint density at radius 3 is 2.50 bits per heavy atom. The van der Waals surface area contributed by atoms with E-state index in [0.717, 1.165) is 56.3 Å². The summed E-state index contributed by atoms with van der Waals surface area (Å²) in [4.78, 5) is 4.93. The maximum Gasteiger partial charge on any atom is 0.103 e. The van der Waals surface area contributed by atoms with Gasteiger partial charge >= 0.3 is 0 Å². The molecule has 160 valence electrons. The Kier molecular flexibility index (Phi) is 6.87. The molecule has 30 heavy (non-hydrogen) atoms. The number of aryl methyl sites for hydroxylation is 1. The van der Waals surface area contributed by atoms with Crippen LogP contribution in [0.2, 0.25) is 10.0 Å². The van der Waals surface area contributed by atoms with Gasteiger partial charge in [-0.05, 0) is 63.6 Å². The number of aromatic nitrogens is 2. The van der Waals surface area contributed by atoms with Crippen molar-refractivity contribution in [3.05, 3.63) is 45.7 Å². The molecule has 0 N–H and O–H groups in total. The minimum absolute atomic E-state index is 0.452. The van der Waals surface area contributed by atoms with Crippen molar-refractivity contribution in [2.75, 3.05) is 37.6 Å². The minimum Gasteiger partial charge on any atom is -0.368 e. The predicted octanol–water partition coefficient (Wildman–Crippen LogP) is 5.31. The molecule has 0 amide bonds. The minimum atomic E-state index is 0.452. The lowest BCUT2D eigenvalue weighted by molar-refractivity contribution is 0.201. The van der Waals surface area contributed by atoms with E-state index in [1.54, 1.807) is 0 Å². The first-order valence-electron chi connectivity index (χ1n) is 10.9. The Labute approximate surface area is 189 Å². The van der Waals surface area contributed by atoms with Crippen LogP contribution in [0.15, 0.2) is 24.4 Å². The first-order valence-corrected chi connectivity index (χ1v) is 11.7. The number of piperazine rings is 1. The van der Waals surface area contributed by atoms with E-state index in [-0.39, 0.29) is 0 Å². The molecule has 0 unspecified atom stereocenters. The van der Waals surface area contributed by atoms with Crippen LogP contribution in [0, 0.1) is 24.2 Å². The third-order valence-corrected chi connectivity index (χ3v) is 7.53. The molecule has 1 aromatic heterocycles. The average Bonchev–Trinajstić information content (AvgIpc) is 3.16. The number of benzene rings is 1. The number of rotatable bonds is 5. The monoisotopic (exact) mass is 445 g/mol. The molecule has 2 aliphatic rings. The van der Waals surface area contributed by atoms with Gasteiger partial charge in [-0.1, -0.05) is 29.3 Å². The van der Waals surface area contributed by atoms with Crippen molar-refractivity contribution in [1.29, 1.82) is 5.26 Å². The molecule has 1 saturated carbocycles. The molecule has 5 nitrogen and oxygen atoms in total. The topological polar surface area (TPSA) is 48.1 Å². The number of hydrogen-bond donors (Lipinski definition) is 0. The van der Waals surface area contributed by atoms with E-state index in [9.17, 15) is 0 Å². The highest BCUT2D eigenvalue weighted by atomic mass is 35.5. The van der Waals surface area contributed by atoms with Crippen molar-refractivity contribution >= 4 is 28.9 Å².